The molecular weight excluding hydrogens is 151 g/mol. The standard InChI is InChI=1S/Al.H2O3Si.Ti.3H/c;1-4(2)3;;;;/h;1-2H;;;;. The predicted octanol–water partition coefficient (Wildman–Crippen LogP) is -2.80. The zero-order chi connectivity index (χ0) is 3.58. The molecule has 0 radical (unpaired) electrons. The molecule has 0 saturated heterocycles. The van der Waals surface area contributed by atoms with Gasteiger partial charge < -0.3 is 9.59 Å². The van der Waals surface area contributed by atoms with E-state index in [4.69, 9.17) is 14.1 Å². The van der Waals surface area contributed by atoms with Crippen molar-refractivity contribution in [2.24, 2.45) is 0 Å². The van der Waals surface area contributed by atoms with Gasteiger partial charge >= 0.3 is 9.17 Å². The van der Waals surface area contributed by atoms with E-state index in [0.29, 0.717) is 0 Å². The fourth-order valence-corrected chi connectivity index (χ4v) is 0. The SMILES string of the molecule is O=[Si](O)O.[AlH3].[Ti]. The second kappa shape index (κ2) is 9.29. The molecule has 6 heavy (non-hydrogen) atoms. The van der Waals surface area contributed by atoms with E-state index in [1.165, 1.54) is 0 Å². The summed E-state index contributed by atoms with van der Waals surface area (Å²) in [5.41, 5.74) is 0. The molecule has 0 bridgehead atoms. The van der Waals surface area contributed by atoms with E-state index in [9.17, 15) is 0 Å². The van der Waals surface area contributed by atoms with Crippen molar-refractivity contribution in [3.8, 4) is 0 Å². The molecule has 0 aliphatic carbocycles. The van der Waals surface area contributed by atoms with Crippen LogP contribution in [0.1, 0.15) is 0 Å². The topological polar surface area (TPSA) is 57.5 Å². The van der Waals surface area contributed by atoms with Crippen molar-refractivity contribution in [1.29, 1.82) is 0 Å². The first kappa shape index (κ1) is 15.8. The van der Waals surface area contributed by atoms with E-state index < -0.39 is 9.17 Å². The van der Waals surface area contributed by atoms with Crippen LogP contribution in [0, 0.1) is 0 Å². The van der Waals surface area contributed by atoms with Crippen LogP contribution in [0.25, 0.3) is 0 Å². The summed E-state index contributed by atoms with van der Waals surface area (Å²) in [5, 5.41) is 0. The van der Waals surface area contributed by atoms with Crippen molar-refractivity contribution in [3.63, 3.8) is 0 Å². The molecule has 3 nitrogen and oxygen atoms in total. The molecule has 0 aromatic carbocycles. The van der Waals surface area contributed by atoms with Crippen molar-refractivity contribution in [2.45, 2.75) is 0 Å². The van der Waals surface area contributed by atoms with E-state index >= 15 is 0 Å². The Hall–Kier alpha value is 0.864. The van der Waals surface area contributed by atoms with Crippen LogP contribution in [-0.2, 0) is 26.2 Å². The Bertz CT molecular complexity index is 33.8. The van der Waals surface area contributed by atoms with Crippen LogP contribution in [0.15, 0.2) is 0 Å². The molecule has 0 atom stereocenters. The minimum atomic E-state index is -3.13. The molecule has 0 heterocycles. The zero-order valence-corrected chi connectivity index (χ0v) is 4.86. The molecule has 0 saturated carbocycles. The first-order chi connectivity index (χ1) is 1.73. The van der Waals surface area contributed by atoms with E-state index in [0.717, 1.165) is 0 Å². The van der Waals surface area contributed by atoms with Crippen LogP contribution in [0.5, 0.6) is 0 Å². The average molecular weight is 156 g/mol. The van der Waals surface area contributed by atoms with Crippen molar-refractivity contribution >= 4 is 26.5 Å². The average Bonchev–Trinajstić information content (AvgIpc) is 0.811. The van der Waals surface area contributed by atoms with E-state index in [1.54, 1.807) is 0 Å². The van der Waals surface area contributed by atoms with E-state index in [-0.39, 0.29) is 39.1 Å². The van der Waals surface area contributed by atoms with Gasteiger partial charge in [0.25, 0.3) is 0 Å². The molecular formula is H5AlO3SiTi. The normalized spacial score (nSPS) is 4.00. The van der Waals surface area contributed by atoms with Gasteiger partial charge in [0.2, 0.25) is 0 Å². The van der Waals surface area contributed by atoms with Gasteiger partial charge in [-0.15, -0.1) is 0 Å². The third-order valence-electron chi connectivity index (χ3n) is 0. The molecule has 0 unspecified atom stereocenters. The minimum Gasteiger partial charge on any atom is -0.511 e. The van der Waals surface area contributed by atoms with Gasteiger partial charge in [0.05, 0.1) is 0 Å². The molecule has 0 aromatic heterocycles. The summed E-state index contributed by atoms with van der Waals surface area (Å²) in [6.45, 7) is 0. The van der Waals surface area contributed by atoms with Crippen LogP contribution in [0.2, 0.25) is 0 Å². The summed E-state index contributed by atoms with van der Waals surface area (Å²) in [5.74, 6) is 0. The van der Waals surface area contributed by atoms with Crippen molar-refractivity contribution in [3.05, 3.63) is 0 Å². The van der Waals surface area contributed by atoms with Gasteiger partial charge in [-0.3, -0.25) is 4.46 Å². The maximum absolute atomic E-state index is 8.74. The molecule has 6 heteroatoms. The molecule has 0 rings (SSSR count). The maximum Gasteiger partial charge on any atom is 0.761 e. The Labute approximate surface area is 62.3 Å². The van der Waals surface area contributed by atoms with Gasteiger partial charge in [0.15, 0.2) is 17.4 Å². The summed E-state index contributed by atoms with van der Waals surface area (Å²) in [4.78, 5) is 14.3. The Balaban J connectivity index is -0.0000000450. The van der Waals surface area contributed by atoms with Gasteiger partial charge in [-0.25, -0.2) is 0 Å². The Morgan fingerprint density at radius 1 is 1.33 bits per heavy atom. The van der Waals surface area contributed by atoms with Gasteiger partial charge in [0.1, 0.15) is 0 Å². The first-order valence-electron chi connectivity index (χ1n) is 0.651. The summed E-state index contributed by atoms with van der Waals surface area (Å²) < 4.78 is 8.74. The van der Waals surface area contributed by atoms with Crippen LogP contribution >= 0.6 is 0 Å². The smallest absolute Gasteiger partial charge is 0.511 e. The monoisotopic (exact) mass is 156 g/mol. The van der Waals surface area contributed by atoms with E-state index in [2.05, 4.69) is 0 Å². The summed E-state index contributed by atoms with van der Waals surface area (Å²) in [7, 11) is -3.13. The Morgan fingerprint density at radius 3 is 1.33 bits per heavy atom. The molecule has 2 N–H and O–H groups in total. The summed E-state index contributed by atoms with van der Waals surface area (Å²) in [6, 6.07) is 0. The fourth-order valence-electron chi connectivity index (χ4n) is 0. The number of rotatable bonds is 0. The third-order valence-corrected chi connectivity index (χ3v) is 0. The first-order valence-corrected chi connectivity index (χ1v) is 1.95. The summed E-state index contributed by atoms with van der Waals surface area (Å²) in [6.07, 6.45) is 0. The van der Waals surface area contributed by atoms with Gasteiger partial charge in [0, 0.05) is 21.7 Å². The predicted molar refractivity (Wildman–Crippen MR) is 20.8 cm³/mol. The zero-order valence-electron chi connectivity index (χ0n) is 2.30. The second-order valence-electron chi connectivity index (χ2n) is 0.283. The van der Waals surface area contributed by atoms with Gasteiger partial charge in [-0.1, -0.05) is 0 Å². The summed E-state index contributed by atoms with van der Waals surface area (Å²) >= 11 is 0. The van der Waals surface area contributed by atoms with Gasteiger partial charge in [-0.05, 0) is 0 Å². The second-order valence-corrected chi connectivity index (χ2v) is 0.848. The largest absolute Gasteiger partial charge is 0.761 e. The van der Waals surface area contributed by atoms with Crippen molar-refractivity contribution in [2.75, 3.05) is 0 Å². The molecule has 0 aromatic rings. The molecule has 0 amide bonds. The molecule has 0 spiro atoms. The Kier molecular flexibility index (Phi) is 24.5. The van der Waals surface area contributed by atoms with E-state index in [1.807, 2.05) is 0 Å². The minimum absolute atomic E-state index is 0. The molecule has 34 valence electrons. The third kappa shape index (κ3) is 97.3. The van der Waals surface area contributed by atoms with Crippen LogP contribution in [0.3, 0.4) is 0 Å². The molecule has 0 aliphatic heterocycles. The van der Waals surface area contributed by atoms with Gasteiger partial charge in [-0.2, -0.15) is 0 Å². The van der Waals surface area contributed by atoms with Crippen LogP contribution < -0.4 is 0 Å². The van der Waals surface area contributed by atoms with Crippen LogP contribution in [0.4, 0.5) is 0 Å². The van der Waals surface area contributed by atoms with Crippen LogP contribution in [-0.4, -0.2) is 36.1 Å². The molecule has 0 fully saturated rings. The maximum atomic E-state index is 8.74. The fraction of sp³-hybridized carbons (Fsp3) is 0. The number of hydrogen-bond donors (Lipinski definition) is 2. The van der Waals surface area contributed by atoms with Crippen molar-refractivity contribution in [1.82, 2.24) is 0 Å². The molecule has 0 aliphatic rings. The van der Waals surface area contributed by atoms with Crippen molar-refractivity contribution < 1.29 is 35.8 Å². The quantitative estimate of drug-likeness (QED) is 0.372. The Morgan fingerprint density at radius 2 is 1.33 bits per heavy atom. The number of hydrogen-bond acceptors (Lipinski definition) is 1.